The van der Waals surface area contributed by atoms with Gasteiger partial charge in [-0.05, 0) is 97.1 Å². The van der Waals surface area contributed by atoms with Crippen LogP contribution in [0.15, 0.2) is 246 Å². The van der Waals surface area contributed by atoms with Gasteiger partial charge in [-0.25, -0.2) is 9.98 Å². The molecule has 0 saturated carbocycles. The summed E-state index contributed by atoms with van der Waals surface area (Å²) < 4.78 is 0. The van der Waals surface area contributed by atoms with Gasteiger partial charge in [0.2, 0.25) is 0 Å². The number of allylic oxidation sites excluding steroid dienone is 6. The summed E-state index contributed by atoms with van der Waals surface area (Å²) in [6.45, 7) is 0. The van der Waals surface area contributed by atoms with E-state index in [9.17, 15) is 0 Å². The summed E-state index contributed by atoms with van der Waals surface area (Å²) in [4.78, 5) is 13.2. The summed E-state index contributed by atoms with van der Waals surface area (Å²) >= 11 is 0. The topological polar surface area (TPSA) is 40.0 Å². The molecule has 0 amide bonds. The van der Waals surface area contributed by atoms with Crippen molar-refractivity contribution in [3.05, 3.63) is 275 Å². The minimum Gasteiger partial charge on any atom is -0.324 e. The normalized spacial score (nSPS) is 18.2. The molecule has 2 unspecified atom stereocenters. The van der Waals surface area contributed by atoms with Gasteiger partial charge in [0.05, 0.1) is 16.8 Å². The zero-order chi connectivity index (χ0) is 41.5. The molecule has 13 rings (SSSR count). The van der Waals surface area contributed by atoms with Crippen LogP contribution in [-0.2, 0) is 5.41 Å². The second-order valence-corrected chi connectivity index (χ2v) is 16.8. The number of para-hydroxylation sites is 3. The summed E-state index contributed by atoms with van der Waals surface area (Å²) in [7, 11) is 0. The quantitative estimate of drug-likeness (QED) is 0.182. The highest BCUT2D eigenvalue weighted by atomic mass is 15.2. The number of anilines is 3. The van der Waals surface area contributed by atoms with Crippen molar-refractivity contribution in [2.75, 3.05) is 4.90 Å². The zero-order valence-electron chi connectivity index (χ0n) is 34.4. The molecule has 296 valence electrons. The van der Waals surface area contributed by atoms with Crippen molar-refractivity contribution in [3.8, 4) is 22.3 Å². The monoisotopic (exact) mass is 804 g/mol. The summed E-state index contributed by atoms with van der Waals surface area (Å²) in [5, 5.41) is 3.66. The van der Waals surface area contributed by atoms with E-state index in [0.717, 1.165) is 50.7 Å². The van der Waals surface area contributed by atoms with Crippen LogP contribution in [0.3, 0.4) is 0 Å². The maximum absolute atomic E-state index is 5.41. The Morgan fingerprint density at radius 1 is 0.476 bits per heavy atom. The molecule has 8 aromatic rings. The highest BCUT2D eigenvalue weighted by molar-refractivity contribution is 6.18. The highest BCUT2D eigenvalue weighted by Crippen LogP contribution is 2.68. The Kier molecular flexibility index (Phi) is 7.91. The SMILES string of the molecule is C1=CC2C=C2C2=C1c1c(-c3cccc(C4N=C(c5ccccc5)NC(c5ccccc5-c5ccccc5)=N4)c3)cccc1C21c2ccccc2N(c2ccccc2)c2ccccc21. The van der Waals surface area contributed by atoms with Gasteiger partial charge in [-0.1, -0.05) is 194 Å². The molecule has 4 heteroatoms. The second kappa shape index (κ2) is 14.0. The Bertz CT molecular complexity index is 3270. The molecule has 4 nitrogen and oxygen atoms in total. The van der Waals surface area contributed by atoms with Crippen LogP contribution in [0.1, 0.15) is 45.1 Å². The number of aliphatic imine (C=N–C) groups is 2. The molecule has 0 aromatic heterocycles. The molecule has 3 aliphatic carbocycles. The Labute approximate surface area is 367 Å². The van der Waals surface area contributed by atoms with Crippen LogP contribution >= 0.6 is 0 Å². The fraction of sp³-hybridized carbons (Fsp3) is 0.0508. The summed E-state index contributed by atoms with van der Waals surface area (Å²) in [5.41, 5.74) is 20.2. The molecule has 2 aliphatic heterocycles. The minimum atomic E-state index is -0.503. The van der Waals surface area contributed by atoms with Crippen molar-refractivity contribution < 1.29 is 0 Å². The molecule has 0 bridgehead atoms. The molecule has 2 atom stereocenters. The molecule has 8 aromatic carbocycles. The number of amidine groups is 2. The Morgan fingerprint density at radius 2 is 1.05 bits per heavy atom. The standard InChI is InChI=1S/C59H40N4/c1-4-18-38(19-5-1)44-26-10-11-27-46(44)58-61-56(39-20-6-2-7-21-39)60-57(62-58)42-23-16-22-40(36-42)45-28-17-31-51-54(45)47-35-34-41-37-48(41)55(47)59(51)49-29-12-14-32-52(49)63(43-24-8-3-9-25-43)53-33-15-13-30-50(53)59/h1-37,41,57H,(H,60,61,62). The van der Waals surface area contributed by atoms with E-state index in [1.807, 2.05) is 6.07 Å². The largest absolute Gasteiger partial charge is 0.324 e. The first-order valence-corrected chi connectivity index (χ1v) is 21.8. The van der Waals surface area contributed by atoms with Gasteiger partial charge in [-0.3, -0.25) is 0 Å². The number of nitrogens with zero attached hydrogens (tertiary/aromatic N) is 3. The van der Waals surface area contributed by atoms with E-state index >= 15 is 0 Å². The molecule has 1 N–H and O–H groups in total. The van der Waals surface area contributed by atoms with Gasteiger partial charge in [0.25, 0.3) is 0 Å². The van der Waals surface area contributed by atoms with E-state index in [0.29, 0.717) is 5.92 Å². The predicted octanol–water partition coefficient (Wildman–Crippen LogP) is 13.5. The number of fused-ring (bicyclic) bond motifs is 10. The average molecular weight is 805 g/mol. The molecule has 1 spiro atoms. The van der Waals surface area contributed by atoms with Crippen molar-refractivity contribution in [3.63, 3.8) is 0 Å². The molecular weight excluding hydrogens is 765 g/mol. The Balaban J connectivity index is 0.997. The third kappa shape index (κ3) is 5.41. The first-order valence-electron chi connectivity index (χ1n) is 21.8. The molecule has 2 heterocycles. The van der Waals surface area contributed by atoms with Crippen LogP contribution in [0.4, 0.5) is 17.1 Å². The third-order valence-corrected chi connectivity index (χ3v) is 13.4. The number of benzene rings is 8. The lowest BCUT2D eigenvalue weighted by atomic mass is 9.62. The predicted molar refractivity (Wildman–Crippen MR) is 258 cm³/mol. The van der Waals surface area contributed by atoms with Gasteiger partial charge in [-0.2, -0.15) is 0 Å². The number of hydrogen-bond donors (Lipinski definition) is 1. The van der Waals surface area contributed by atoms with Crippen LogP contribution in [0.25, 0.3) is 27.8 Å². The summed E-state index contributed by atoms with van der Waals surface area (Å²) in [5.74, 6) is 1.97. The summed E-state index contributed by atoms with van der Waals surface area (Å²) in [6, 6.07) is 74.3. The first kappa shape index (κ1) is 35.7. The van der Waals surface area contributed by atoms with Crippen LogP contribution in [0.2, 0.25) is 0 Å². The van der Waals surface area contributed by atoms with E-state index in [2.05, 4.69) is 229 Å². The van der Waals surface area contributed by atoms with Gasteiger partial charge in [0, 0.05) is 22.7 Å². The number of rotatable bonds is 6. The van der Waals surface area contributed by atoms with Gasteiger partial charge in [-0.15, -0.1) is 0 Å². The molecular formula is C59H40N4. The molecule has 63 heavy (non-hydrogen) atoms. The summed E-state index contributed by atoms with van der Waals surface area (Å²) in [6.07, 6.45) is 6.78. The van der Waals surface area contributed by atoms with E-state index < -0.39 is 11.6 Å². The van der Waals surface area contributed by atoms with Gasteiger partial charge < -0.3 is 10.2 Å². The fourth-order valence-corrected chi connectivity index (χ4v) is 10.7. The Morgan fingerprint density at radius 3 is 1.79 bits per heavy atom. The lowest BCUT2D eigenvalue weighted by molar-refractivity contribution is 0.735. The Hall–Kier alpha value is -8.08. The minimum absolute atomic E-state index is 0.365. The highest BCUT2D eigenvalue weighted by Gasteiger charge is 2.56. The van der Waals surface area contributed by atoms with E-state index in [4.69, 9.17) is 9.98 Å². The maximum atomic E-state index is 5.41. The van der Waals surface area contributed by atoms with Crippen molar-refractivity contribution >= 4 is 34.3 Å². The van der Waals surface area contributed by atoms with Gasteiger partial charge in [0.15, 0.2) is 6.17 Å². The van der Waals surface area contributed by atoms with Crippen LogP contribution in [-0.4, -0.2) is 11.7 Å². The maximum Gasteiger partial charge on any atom is 0.169 e. The third-order valence-electron chi connectivity index (χ3n) is 13.4. The van der Waals surface area contributed by atoms with Gasteiger partial charge in [0.1, 0.15) is 11.7 Å². The van der Waals surface area contributed by atoms with Crippen LogP contribution < -0.4 is 10.2 Å². The van der Waals surface area contributed by atoms with Crippen molar-refractivity contribution in [1.29, 1.82) is 0 Å². The van der Waals surface area contributed by atoms with Crippen molar-refractivity contribution in [1.82, 2.24) is 5.32 Å². The zero-order valence-corrected chi connectivity index (χ0v) is 34.4. The van der Waals surface area contributed by atoms with Gasteiger partial charge >= 0.3 is 0 Å². The van der Waals surface area contributed by atoms with Crippen LogP contribution in [0.5, 0.6) is 0 Å². The lowest BCUT2D eigenvalue weighted by Crippen LogP contribution is -2.37. The van der Waals surface area contributed by atoms with E-state index in [1.165, 1.54) is 55.9 Å². The fourth-order valence-electron chi connectivity index (χ4n) is 10.7. The number of hydrogen-bond acceptors (Lipinski definition) is 4. The first-order chi connectivity index (χ1) is 31.3. The number of nitrogens with one attached hydrogen (secondary N) is 1. The molecule has 0 saturated heterocycles. The van der Waals surface area contributed by atoms with E-state index in [-0.39, 0.29) is 0 Å². The van der Waals surface area contributed by atoms with E-state index in [1.54, 1.807) is 0 Å². The second-order valence-electron chi connectivity index (χ2n) is 16.8. The van der Waals surface area contributed by atoms with Crippen molar-refractivity contribution in [2.24, 2.45) is 15.9 Å². The molecule has 5 aliphatic rings. The van der Waals surface area contributed by atoms with Crippen LogP contribution in [0, 0.1) is 5.92 Å². The van der Waals surface area contributed by atoms with Crippen molar-refractivity contribution in [2.45, 2.75) is 11.6 Å². The smallest absolute Gasteiger partial charge is 0.169 e. The molecule has 0 fully saturated rings. The lowest BCUT2D eigenvalue weighted by Gasteiger charge is -2.46. The average Bonchev–Trinajstić information content (AvgIpc) is 4.10. The molecule has 0 radical (unpaired) electrons.